The molecule has 5 nitrogen and oxygen atoms in total. The van der Waals surface area contributed by atoms with Crippen LogP contribution in [0.2, 0.25) is 0 Å². The topological polar surface area (TPSA) is 59.9 Å². The number of nitrogens with zero attached hydrogens (tertiary/aromatic N) is 1. The summed E-state index contributed by atoms with van der Waals surface area (Å²) in [5.41, 5.74) is 0.903. The Morgan fingerprint density at radius 3 is 2.84 bits per heavy atom. The van der Waals surface area contributed by atoms with Crippen molar-refractivity contribution in [1.82, 2.24) is 5.32 Å². The number of methoxy groups -OCH3 is 1. The first-order valence-electron chi connectivity index (χ1n) is 8.79. The zero-order valence-electron chi connectivity index (χ0n) is 14.7. The van der Waals surface area contributed by atoms with Gasteiger partial charge < -0.3 is 14.8 Å². The summed E-state index contributed by atoms with van der Waals surface area (Å²) in [6, 6.07) is 6.06. The molecule has 0 aromatic heterocycles. The molecule has 3 rings (SSSR count). The fraction of sp³-hybridized carbons (Fsp3) is 0.474. The summed E-state index contributed by atoms with van der Waals surface area (Å²) < 4.78 is 11.1. The molecule has 6 heteroatoms. The average Bonchev–Trinajstić information content (AvgIpc) is 3.24. The van der Waals surface area contributed by atoms with Gasteiger partial charge in [0.25, 0.3) is 5.91 Å². The Bertz CT molecular complexity index is 694. The fourth-order valence-electron chi connectivity index (χ4n) is 2.94. The Morgan fingerprint density at radius 2 is 2.12 bits per heavy atom. The monoisotopic (exact) mass is 360 g/mol. The lowest BCUT2D eigenvalue weighted by molar-refractivity contribution is -0.115. The number of amides is 1. The molecule has 25 heavy (non-hydrogen) atoms. The average molecular weight is 360 g/mol. The maximum absolute atomic E-state index is 12.2. The molecule has 2 aliphatic rings. The van der Waals surface area contributed by atoms with Crippen molar-refractivity contribution in [3.8, 4) is 11.5 Å². The fourth-order valence-corrected chi connectivity index (χ4v) is 3.84. The van der Waals surface area contributed by atoms with Crippen molar-refractivity contribution >= 4 is 28.9 Å². The number of hydrogen-bond donors (Lipinski definition) is 1. The molecule has 0 bridgehead atoms. The van der Waals surface area contributed by atoms with Crippen molar-refractivity contribution in [2.24, 2.45) is 4.99 Å². The molecule has 1 aliphatic heterocycles. The van der Waals surface area contributed by atoms with E-state index in [2.05, 4.69) is 17.2 Å². The Balaban J connectivity index is 1.74. The summed E-state index contributed by atoms with van der Waals surface area (Å²) in [5, 5.41) is 3.59. The number of carbonyl (C=O) groups excluding carboxylic acids is 1. The summed E-state index contributed by atoms with van der Waals surface area (Å²) in [6.07, 6.45) is 7.51. The van der Waals surface area contributed by atoms with Gasteiger partial charge in [-0.15, -0.1) is 0 Å². The lowest BCUT2D eigenvalue weighted by Gasteiger charge is -2.10. The minimum atomic E-state index is -0.0907. The van der Waals surface area contributed by atoms with E-state index in [1.807, 2.05) is 24.3 Å². The van der Waals surface area contributed by atoms with Gasteiger partial charge in [0, 0.05) is 0 Å². The molecule has 0 spiro atoms. The van der Waals surface area contributed by atoms with E-state index in [-0.39, 0.29) is 5.91 Å². The number of nitrogens with one attached hydrogen (secondary N) is 1. The van der Waals surface area contributed by atoms with Gasteiger partial charge in [0.05, 0.1) is 24.7 Å². The molecule has 1 aromatic carbocycles. The Hall–Kier alpha value is -1.95. The maximum atomic E-state index is 12.2. The van der Waals surface area contributed by atoms with E-state index in [0.29, 0.717) is 23.3 Å². The maximum Gasteiger partial charge on any atom is 0.264 e. The second-order valence-electron chi connectivity index (χ2n) is 6.20. The number of aliphatic imine (C=N–C) groups is 1. The van der Waals surface area contributed by atoms with Gasteiger partial charge in [0.1, 0.15) is 0 Å². The lowest BCUT2D eigenvalue weighted by atomic mass is 10.2. The first kappa shape index (κ1) is 17.9. The highest BCUT2D eigenvalue weighted by Crippen LogP contribution is 2.32. The highest BCUT2D eigenvalue weighted by molar-refractivity contribution is 8.18. The smallest absolute Gasteiger partial charge is 0.264 e. The Labute approximate surface area is 152 Å². The molecule has 1 aromatic rings. The van der Waals surface area contributed by atoms with E-state index in [1.54, 1.807) is 7.11 Å². The second-order valence-corrected chi connectivity index (χ2v) is 7.23. The summed E-state index contributed by atoms with van der Waals surface area (Å²) in [5.74, 6) is 1.30. The van der Waals surface area contributed by atoms with Crippen LogP contribution in [-0.2, 0) is 4.79 Å². The van der Waals surface area contributed by atoms with Crippen molar-refractivity contribution in [3.63, 3.8) is 0 Å². The van der Waals surface area contributed by atoms with E-state index < -0.39 is 0 Å². The van der Waals surface area contributed by atoms with Crippen LogP contribution in [0, 0.1) is 0 Å². The van der Waals surface area contributed by atoms with E-state index in [4.69, 9.17) is 9.47 Å². The van der Waals surface area contributed by atoms with Crippen LogP contribution in [0.1, 0.15) is 44.6 Å². The van der Waals surface area contributed by atoms with E-state index >= 15 is 0 Å². The molecule has 1 saturated heterocycles. The second kappa shape index (κ2) is 8.43. The number of amidine groups is 1. The third kappa shape index (κ3) is 4.57. The van der Waals surface area contributed by atoms with Crippen LogP contribution >= 0.6 is 11.8 Å². The first-order valence-corrected chi connectivity index (χ1v) is 9.60. The predicted molar refractivity (Wildman–Crippen MR) is 102 cm³/mol. The van der Waals surface area contributed by atoms with Crippen molar-refractivity contribution in [2.75, 3.05) is 13.7 Å². The first-order chi connectivity index (χ1) is 12.2. The number of hydrogen-bond acceptors (Lipinski definition) is 5. The minimum Gasteiger partial charge on any atom is -0.493 e. The van der Waals surface area contributed by atoms with Crippen LogP contribution in [-0.4, -0.2) is 30.8 Å². The molecular formula is C19H24N2O3S. The third-order valence-corrected chi connectivity index (χ3v) is 5.15. The summed E-state index contributed by atoms with van der Waals surface area (Å²) in [4.78, 5) is 17.5. The lowest BCUT2D eigenvalue weighted by Crippen LogP contribution is -2.21. The van der Waals surface area contributed by atoms with Crippen LogP contribution in [0.15, 0.2) is 28.1 Å². The van der Waals surface area contributed by atoms with Crippen LogP contribution in [0.25, 0.3) is 6.08 Å². The molecule has 0 unspecified atom stereocenters. The number of rotatable bonds is 6. The van der Waals surface area contributed by atoms with E-state index in [0.717, 1.165) is 35.7 Å². The zero-order chi connectivity index (χ0) is 17.6. The largest absolute Gasteiger partial charge is 0.493 e. The summed E-state index contributed by atoms with van der Waals surface area (Å²) >= 11 is 1.41. The molecule has 1 saturated carbocycles. The minimum absolute atomic E-state index is 0.0907. The SMILES string of the molecule is CCCOc1ccc(C=C2SC(=NC3CCCC3)NC2=O)cc1OC. The van der Waals surface area contributed by atoms with Crippen LogP contribution in [0.4, 0.5) is 0 Å². The molecule has 0 atom stereocenters. The van der Waals surface area contributed by atoms with Crippen molar-refractivity contribution in [1.29, 1.82) is 0 Å². The van der Waals surface area contributed by atoms with Crippen molar-refractivity contribution in [2.45, 2.75) is 45.1 Å². The van der Waals surface area contributed by atoms with Gasteiger partial charge in [-0.3, -0.25) is 9.79 Å². The summed E-state index contributed by atoms with van der Waals surface area (Å²) in [7, 11) is 1.62. The summed E-state index contributed by atoms with van der Waals surface area (Å²) in [6.45, 7) is 2.71. The standard InChI is InChI=1S/C19H24N2O3S/c1-3-10-24-15-9-8-13(11-16(15)23-2)12-17-18(22)21-19(25-17)20-14-6-4-5-7-14/h8-9,11-12,14H,3-7,10H2,1-2H3,(H,20,21,22). The number of carbonyl (C=O) groups is 1. The van der Waals surface area contributed by atoms with Crippen molar-refractivity contribution in [3.05, 3.63) is 28.7 Å². The number of ether oxygens (including phenoxy) is 2. The van der Waals surface area contributed by atoms with Gasteiger partial charge in [0.2, 0.25) is 0 Å². The molecule has 1 heterocycles. The van der Waals surface area contributed by atoms with Crippen LogP contribution in [0.5, 0.6) is 11.5 Å². The van der Waals surface area contributed by atoms with Gasteiger partial charge in [-0.1, -0.05) is 25.8 Å². The molecule has 1 aliphatic carbocycles. The van der Waals surface area contributed by atoms with Gasteiger partial charge in [0.15, 0.2) is 16.7 Å². The van der Waals surface area contributed by atoms with Crippen LogP contribution in [0.3, 0.4) is 0 Å². The molecule has 134 valence electrons. The predicted octanol–water partition coefficient (Wildman–Crippen LogP) is 3.99. The van der Waals surface area contributed by atoms with Gasteiger partial charge >= 0.3 is 0 Å². The van der Waals surface area contributed by atoms with Crippen molar-refractivity contribution < 1.29 is 14.3 Å². The zero-order valence-corrected chi connectivity index (χ0v) is 15.5. The van der Waals surface area contributed by atoms with Gasteiger partial charge in [-0.25, -0.2) is 0 Å². The molecule has 2 fully saturated rings. The Kier molecular flexibility index (Phi) is 6.02. The van der Waals surface area contributed by atoms with Gasteiger partial charge in [-0.05, 0) is 54.8 Å². The molecular weight excluding hydrogens is 336 g/mol. The van der Waals surface area contributed by atoms with Crippen LogP contribution < -0.4 is 14.8 Å². The van der Waals surface area contributed by atoms with Gasteiger partial charge in [-0.2, -0.15) is 0 Å². The molecule has 1 N–H and O–H groups in total. The quantitative estimate of drug-likeness (QED) is 0.780. The van der Waals surface area contributed by atoms with E-state index in [1.165, 1.54) is 24.6 Å². The molecule has 1 amide bonds. The Morgan fingerprint density at radius 1 is 1.32 bits per heavy atom. The third-order valence-electron chi connectivity index (χ3n) is 4.22. The highest BCUT2D eigenvalue weighted by Gasteiger charge is 2.25. The van der Waals surface area contributed by atoms with E-state index in [9.17, 15) is 4.79 Å². The number of thioether (sulfide) groups is 1. The number of benzene rings is 1. The highest BCUT2D eigenvalue weighted by atomic mass is 32.2. The molecule has 0 radical (unpaired) electrons. The normalized spacial score (nSPS) is 21.1.